The van der Waals surface area contributed by atoms with Crippen molar-refractivity contribution in [2.24, 2.45) is 0 Å². The Labute approximate surface area is 230 Å². The van der Waals surface area contributed by atoms with Gasteiger partial charge < -0.3 is 20.4 Å². The second-order valence-corrected chi connectivity index (χ2v) is 11.1. The number of carbonyl (C=O) groups excluding carboxylic acids is 4. The number of hydrogen-bond acceptors (Lipinski definition) is 6. The van der Waals surface area contributed by atoms with Crippen LogP contribution in [0.4, 0.5) is 0 Å². The van der Waals surface area contributed by atoms with Crippen LogP contribution in [-0.4, -0.2) is 91.4 Å². The molecule has 2 aromatic heterocycles. The highest BCUT2D eigenvalue weighted by Gasteiger charge is 2.48. The number of piperazine rings is 1. The summed E-state index contributed by atoms with van der Waals surface area (Å²) in [4.78, 5) is 64.6. The minimum absolute atomic E-state index is 0.246. The van der Waals surface area contributed by atoms with Crippen LogP contribution in [0.5, 0.6) is 0 Å². The molecule has 3 aliphatic rings. The van der Waals surface area contributed by atoms with Gasteiger partial charge in [-0.2, -0.15) is 0 Å². The van der Waals surface area contributed by atoms with Gasteiger partial charge in [0.2, 0.25) is 11.8 Å². The fraction of sp³-hybridized carbons (Fsp3) is 0.462. The Morgan fingerprint density at radius 2 is 1.16 bits per heavy atom. The van der Waals surface area contributed by atoms with Crippen LogP contribution in [0.2, 0.25) is 0 Å². The minimum Gasteiger partial charge on any atom is -0.341 e. The number of likely N-dealkylation sites (tertiary alicyclic amines) is 2. The van der Waals surface area contributed by atoms with E-state index in [0.29, 0.717) is 36.8 Å². The van der Waals surface area contributed by atoms with Gasteiger partial charge in [0.05, 0.1) is 34.0 Å². The first-order valence-corrected chi connectivity index (χ1v) is 13.5. The molecule has 2 aromatic rings. The molecule has 6 atom stereocenters. The maximum Gasteiger partial charge on any atom is 0.255 e. The van der Waals surface area contributed by atoms with E-state index in [-0.39, 0.29) is 35.7 Å². The Balaban J connectivity index is 1.35. The van der Waals surface area contributed by atoms with Gasteiger partial charge in [-0.3, -0.25) is 29.1 Å². The Morgan fingerprint density at radius 1 is 0.737 bits per heavy atom. The summed E-state index contributed by atoms with van der Waals surface area (Å²) >= 11 is 12.8. The number of alkyl halides is 2. The van der Waals surface area contributed by atoms with Gasteiger partial charge in [-0.15, -0.1) is 23.2 Å². The van der Waals surface area contributed by atoms with E-state index in [0.717, 1.165) is 0 Å². The molecule has 5 heterocycles. The van der Waals surface area contributed by atoms with Crippen LogP contribution in [0, 0.1) is 0 Å². The van der Waals surface area contributed by atoms with E-state index in [1.54, 1.807) is 46.5 Å². The van der Waals surface area contributed by atoms with Gasteiger partial charge in [-0.1, -0.05) is 0 Å². The van der Waals surface area contributed by atoms with Crippen molar-refractivity contribution in [1.29, 1.82) is 0 Å². The number of halogens is 2. The molecule has 2 N–H and O–H groups in total. The average molecular weight is 559 g/mol. The van der Waals surface area contributed by atoms with Gasteiger partial charge in [0, 0.05) is 37.9 Å². The van der Waals surface area contributed by atoms with E-state index in [1.165, 1.54) is 12.4 Å². The van der Waals surface area contributed by atoms with Gasteiger partial charge in [0.25, 0.3) is 11.8 Å². The highest BCUT2D eigenvalue weighted by molar-refractivity contribution is 6.21. The number of pyridine rings is 2. The summed E-state index contributed by atoms with van der Waals surface area (Å²) in [6.07, 6.45) is 8.17. The van der Waals surface area contributed by atoms with Crippen molar-refractivity contribution in [3.8, 4) is 0 Å². The minimum atomic E-state index is -0.949. The number of carbonyl (C=O) groups is 4. The summed E-state index contributed by atoms with van der Waals surface area (Å²) in [7, 11) is 0. The van der Waals surface area contributed by atoms with Gasteiger partial charge in [0.1, 0.15) is 12.1 Å². The molecule has 3 fully saturated rings. The lowest BCUT2D eigenvalue weighted by atomic mass is 9.88. The molecule has 0 aliphatic carbocycles. The Bertz CT molecular complexity index is 1110. The molecule has 38 heavy (non-hydrogen) atoms. The van der Waals surface area contributed by atoms with Crippen molar-refractivity contribution in [3.63, 3.8) is 0 Å². The lowest BCUT2D eigenvalue weighted by Gasteiger charge is -2.46. The number of nitrogens with zero attached hydrogens (tertiary/aromatic N) is 4. The second-order valence-electron chi connectivity index (χ2n) is 9.85. The standard InChI is InChI=1S/C26H28Cl2N6O4/c27-17-5-7-19(33(13-17)25(37)15-3-1-9-29-11-15)21-23(35)32-22(24(36)31-21)20-8-6-18(28)14-34(20)26(38)16-4-2-10-30-12-16/h1-4,9-12,17-22H,5-8,13-14H2,(H,31,36)(H,32,35). The van der Waals surface area contributed by atoms with Crippen LogP contribution in [0.15, 0.2) is 49.1 Å². The Hall–Kier alpha value is -3.24. The third-order valence-electron chi connectivity index (χ3n) is 7.41. The van der Waals surface area contributed by atoms with Crippen molar-refractivity contribution < 1.29 is 19.2 Å². The lowest BCUT2D eigenvalue weighted by molar-refractivity contribution is -0.140. The number of nitrogens with one attached hydrogen (secondary N) is 2. The summed E-state index contributed by atoms with van der Waals surface area (Å²) in [5.41, 5.74) is 0.761. The largest absolute Gasteiger partial charge is 0.341 e. The van der Waals surface area contributed by atoms with Crippen LogP contribution in [0.3, 0.4) is 0 Å². The molecule has 4 amide bonds. The summed E-state index contributed by atoms with van der Waals surface area (Å²) in [6, 6.07) is 3.59. The Kier molecular flexibility index (Phi) is 7.80. The highest BCUT2D eigenvalue weighted by Crippen LogP contribution is 2.29. The van der Waals surface area contributed by atoms with Gasteiger partial charge >= 0.3 is 0 Å². The molecule has 3 saturated heterocycles. The molecule has 0 saturated carbocycles. The molecule has 5 rings (SSSR count). The van der Waals surface area contributed by atoms with Crippen molar-refractivity contribution in [3.05, 3.63) is 60.2 Å². The smallest absolute Gasteiger partial charge is 0.255 e. The third-order valence-corrected chi connectivity index (χ3v) is 8.12. The van der Waals surface area contributed by atoms with E-state index < -0.39 is 36.0 Å². The van der Waals surface area contributed by atoms with Crippen LogP contribution in [0.25, 0.3) is 0 Å². The summed E-state index contributed by atoms with van der Waals surface area (Å²) < 4.78 is 0. The van der Waals surface area contributed by atoms with E-state index in [1.807, 2.05) is 0 Å². The molecular formula is C26H28Cl2N6O4. The van der Waals surface area contributed by atoms with Gasteiger partial charge in [-0.05, 0) is 49.9 Å². The summed E-state index contributed by atoms with van der Waals surface area (Å²) in [5, 5.41) is 5.19. The van der Waals surface area contributed by atoms with Gasteiger partial charge in [-0.25, -0.2) is 0 Å². The second kappa shape index (κ2) is 11.2. The molecule has 0 aromatic carbocycles. The number of piperidine rings is 2. The third kappa shape index (κ3) is 5.33. The number of rotatable bonds is 4. The van der Waals surface area contributed by atoms with Crippen molar-refractivity contribution in [2.75, 3.05) is 13.1 Å². The fourth-order valence-corrected chi connectivity index (χ4v) is 6.07. The number of aromatic nitrogens is 2. The normalized spacial score (nSPS) is 29.8. The maximum atomic E-state index is 13.4. The fourth-order valence-electron chi connectivity index (χ4n) is 5.52. The molecule has 200 valence electrons. The van der Waals surface area contributed by atoms with Crippen molar-refractivity contribution in [2.45, 2.75) is 60.6 Å². The molecule has 12 heteroatoms. The van der Waals surface area contributed by atoms with Crippen LogP contribution in [-0.2, 0) is 9.59 Å². The zero-order valence-corrected chi connectivity index (χ0v) is 22.0. The molecule has 3 aliphatic heterocycles. The highest BCUT2D eigenvalue weighted by atomic mass is 35.5. The SMILES string of the molecule is O=C1NC(C2CCC(Cl)CN2C(=O)c2cccnc2)C(=O)NC1C1CCC(Cl)CN1C(=O)c1cccnc1. The first kappa shape index (κ1) is 26.4. The molecular weight excluding hydrogens is 531 g/mol. The van der Waals surface area contributed by atoms with Crippen LogP contribution < -0.4 is 10.6 Å². The number of hydrogen-bond donors (Lipinski definition) is 2. The maximum absolute atomic E-state index is 13.4. The molecule has 0 radical (unpaired) electrons. The zero-order chi connectivity index (χ0) is 26.8. The molecule has 0 spiro atoms. The van der Waals surface area contributed by atoms with Crippen LogP contribution >= 0.6 is 23.2 Å². The summed E-state index contributed by atoms with van der Waals surface area (Å²) in [6.45, 7) is 0.492. The van der Waals surface area contributed by atoms with Crippen molar-refractivity contribution >= 4 is 46.8 Å². The van der Waals surface area contributed by atoms with E-state index >= 15 is 0 Å². The quantitative estimate of drug-likeness (QED) is 0.549. The monoisotopic (exact) mass is 558 g/mol. The van der Waals surface area contributed by atoms with Gasteiger partial charge in [0.15, 0.2) is 0 Å². The predicted molar refractivity (Wildman–Crippen MR) is 140 cm³/mol. The van der Waals surface area contributed by atoms with Crippen molar-refractivity contribution in [1.82, 2.24) is 30.4 Å². The lowest BCUT2D eigenvalue weighted by Crippen LogP contribution is -2.73. The number of amides is 4. The first-order valence-electron chi connectivity index (χ1n) is 12.6. The average Bonchev–Trinajstić information content (AvgIpc) is 2.94. The topological polar surface area (TPSA) is 125 Å². The van der Waals surface area contributed by atoms with Crippen LogP contribution in [0.1, 0.15) is 46.4 Å². The Morgan fingerprint density at radius 3 is 1.53 bits per heavy atom. The van der Waals surface area contributed by atoms with E-state index in [4.69, 9.17) is 23.2 Å². The first-order chi connectivity index (χ1) is 18.3. The molecule has 6 unspecified atom stereocenters. The summed E-state index contributed by atoms with van der Waals surface area (Å²) in [5.74, 6) is -1.41. The predicted octanol–water partition coefficient (Wildman–Crippen LogP) is 1.58. The van der Waals surface area contributed by atoms with E-state index in [2.05, 4.69) is 20.6 Å². The zero-order valence-electron chi connectivity index (χ0n) is 20.5. The molecule has 10 nitrogen and oxygen atoms in total. The molecule has 0 bridgehead atoms. The van der Waals surface area contributed by atoms with E-state index in [9.17, 15) is 19.2 Å².